The van der Waals surface area contributed by atoms with Crippen LogP contribution < -0.4 is 4.74 Å². The fraction of sp³-hybridized carbons (Fsp3) is 0.250. The Balaban J connectivity index is 2.43. The van der Waals surface area contributed by atoms with Crippen LogP contribution in [0.1, 0.15) is 29.7 Å². The van der Waals surface area contributed by atoms with Crippen molar-refractivity contribution in [3.63, 3.8) is 0 Å². The van der Waals surface area contributed by atoms with Crippen molar-refractivity contribution in [3.8, 4) is 5.75 Å². The lowest BCUT2D eigenvalue weighted by Crippen LogP contribution is -2.04. The molecule has 0 aromatic heterocycles. The quantitative estimate of drug-likeness (QED) is 0.783. The Morgan fingerprint density at radius 2 is 1.90 bits per heavy atom. The van der Waals surface area contributed by atoms with E-state index in [0.29, 0.717) is 12.4 Å². The first-order valence-electron chi connectivity index (χ1n) is 6.39. The Hall–Kier alpha value is -0.840. The van der Waals surface area contributed by atoms with Gasteiger partial charge < -0.3 is 9.84 Å². The SMILES string of the molecule is CCOc1ccc(Br)cc1C(O)c1ccc(C)c(Br)c1. The number of rotatable bonds is 4. The third-order valence-corrected chi connectivity index (χ3v) is 4.43. The molecule has 0 radical (unpaired) electrons. The zero-order chi connectivity index (χ0) is 14.7. The standard InChI is InChI=1S/C16H16Br2O2/c1-3-20-15-7-6-12(17)9-13(15)16(19)11-5-4-10(2)14(18)8-11/h4-9,16,19H,3H2,1-2H3. The van der Waals surface area contributed by atoms with Crippen LogP contribution in [0, 0.1) is 6.92 Å². The molecule has 0 heterocycles. The summed E-state index contributed by atoms with van der Waals surface area (Å²) >= 11 is 6.94. The molecule has 0 amide bonds. The number of benzene rings is 2. The second-order valence-electron chi connectivity index (χ2n) is 4.53. The third-order valence-electron chi connectivity index (χ3n) is 3.08. The molecule has 0 saturated carbocycles. The summed E-state index contributed by atoms with van der Waals surface area (Å²) in [5.41, 5.74) is 2.73. The van der Waals surface area contributed by atoms with Crippen LogP contribution in [0.3, 0.4) is 0 Å². The van der Waals surface area contributed by atoms with Gasteiger partial charge in [0.05, 0.1) is 6.61 Å². The van der Waals surface area contributed by atoms with Crippen LogP contribution in [0.2, 0.25) is 0 Å². The molecular weight excluding hydrogens is 384 g/mol. The highest BCUT2D eigenvalue weighted by atomic mass is 79.9. The minimum absolute atomic E-state index is 0.568. The molecule has 0 bridgehead atoms. The molecule has 1 atom stereocenters. The lowest BCUT2D eigenvalue weighted by Gasteiger charge is -2.17. The van der Waals surface area contributed by atoms with Gasteiger partial charge in [0.25, 0.3) is 0 Å². The van der Waals surface area contributed by atoms with Crippen LogP contribution in [0.4, 0.5) is 0 Å². The molecule has 0 aliphatic carbocycles. The largest absolute Gasteiger partial charge is 0.493 e. The first kappa shape index (κ1) is 15.5. The molecular formula is C16H16Br2O2. The van der Waals surface area contributed by atoms with E-state index in [1.54, 1.807) is 0 Å². The van der Waals surface area contributed by atoms with Crippen molar-refractivity contribution in [2.24, 2.45) is 0 Å². The molecule has 0 fully saturated rings. The van der Waals surface area contributed by atoms with E-state index >= 15 is 0 Å². The highest BCUT2D eigenvalue weighted by Gasteiger charge is 2.17. The van der Waals surface area contributed by atoms with E-state index in [-0.39, 0.29) is 0 Å². The van der Waals surface area contributed by atoms with Gasteiger partial charge in [-0.3, -0.25) is 0 Å². The van der Waals surface area contributed by atoms with Crippen molar-refractivity contribution in [2.45, 2.75) is 20.0 Å². The normalized spacial score (nSPS) is 12.2. The predicted octanol–water partition coefficient (Wildman–Crippen LogP) is 5.00. The second kappa shape index (κ2) is 6.74. The number of halogens is 2. The molecule has 2 nitrogen and oxygen atoms in total. The number of aliphatic hydroxyl groups excluding tert-OH is 1. The first-order chi connectivity index (χ1) is 9.52. The van der Waals surface area contributed by atoms with E-state index in [4.69, 9.17) is 4.74 Å². The highest BCUT2D eigenvalue weighted by Crippen LogP contribution is 2.34. The average Bonchev–Trinajstić information content (AvgIpc) is 2.43. The summed E-state index contributed by atoms with van der Waals surface area (Å²) in [7, 11) is 0. The van der Waals surface area contributed by atoms with Gasteiger partial charge in [0.2, 0.25) is 0 Å². The van der Waals surface area contributed by atoms with Gasteiger partial charge in [-0.1, -0.05) is 44.0 Å². The Bertz CT molecular complexity index is 611. The van der Waals surface area contributed by atoms with E-state index in [0.717, 1.165) is 25.6 Å². The smallest absolute Gasteiger partial charge is 0.125 e. The van der Waals surface area contributed by atoms with Gasteiger partial charge in [-0.15, -0.1) is 0 Å². The van der Waals surface area contributed by atoms with Gasteiger partial charge in [0.15, 0.2) is 0 Å². The molecule has 106 valence electrons. The summed E-state index contributed by atoms with van der Waals surface area (Å²) in [6, 6.07) is 11.5. The van der Waals surface area contributed by atoms with Gasteiger partial charge in [-0.2, -0.15) is 0 Å². The molecule has 1 unspecified atom stereocenters. The molecule has 2 aromatic rings. The zero-order valence-corrected chi connectivity index (χ0v) is 14.5. The topological polar surface area (TPSA) is 29.5 Å². The summed E-state index contributed by atoms with van der Waals surface area (Å²) in [6.07, 6.45) is -0.717. The summed E-state index contributed by atoms with van der Waals surface area (Å²) < 4.78 is 7.50. The van der Waals surface area contributed by atoms with Crippen molar-refractivity contribution in [3.05, 3.63) is 62.0 Å². The summed E-state index contributed by atoms with van der Waals surface area (Å²) in [4.78, 5) is 0. The fourth-order valence-electron chi connectivity index (χ4n) is 1.98. The first-order valence-corrected chi connectivity index (χ1v) is 7.98. The fourth-order valence-corrected chi connectivity index (χ4v) is 2.75. The number of hydrogen-bond acceptors (Lipinski definition) is 2. The maximum absolute atomic E-state index is 10.6. The third kappa shape index (κ3) is 3.43. The maximum atomic E-state index is 10.6. The van der Waals surface area contributed by atoms with E-state index in [1.165, 1.54) is 0 Å². The van der Waals surface area contributed by atoms with Crippen LogP contribution >= 0.6 is 31.9 Å². The van der Waals surface area contributed by atoms with Crippen molar-refractivity contribution in [1.82, 2.24) is 0 Å². The van der Waals surface area contributed by atoms with E-state index in [9.17, 15) is 5.11 Å². The number of aliphatic hydroxyl groups is 1. The molecule has 4 heteroatoms. The molecule has 0 aliphatic rings. The molecule has 0 aliphatic heterocycles. The molecule has 2 aromatic carbocycles. The van der Waals surface area contributed by atoms with Crippen LogP contribution in [-0.2, 0) is 0 Å². The minimum Gasteiger partial charge on any atom is -0.493 e. The van der Waals surface area contributed by atoms with Crippen LogP contribution in [0.15, 0.2) is 45.3 Å². The van der Waals surface area contributed by atoms with Gasteiger partial charge in [-0.25, -0.2) is 0 Å². The molecule has 2 rings (SSSR count). The Morgan fingerprint density at radius 3 is 2.55 bits per heavy atom. The minimum atomic E-state index is -0.717. The Kier molecular flexibility index (Phi) is 5.24. The summed E-state index contributed by atoms with van der Waals surface area (Å²) in [5, 5.41) is 10.6. The monoisotopic (exact) mass is 398 g/mol. The lowest BCUT2D eigenvalue weighted by molar-refractivity contribution is 0.212. The lowest BCUT2D eigenvalue weighted by atomic mass is 10.00. The van der Waals surface area contributed by atoms with Crippen LogP contribution in [0.5, 0.6) is 5.75 Å². The van der Waals surface area contributed by atoms with Crippen LogP contribution in [0.25, 0.3) is 0 Å². The summed E-state index contributed by atoms with van der Waals surface area (Å²) in [5.74, 6) is 0.708. The number of hydrogen-bond donors (Lipinski definition) is 1. The average molecular weight is 400 g/mol. The number of aryl methyl sites for hydroxylation is 1. The maximum Gasteiger partial charge on any atom is 0.125 e. The number of ether oxygens (including phenoxy) is 1. The van der Waals surface area contributed by atoms with Crippen molar-refractivity contribution in [2.75, 3.05) is 6.61 Å². The zero-order valence-electron chi connectivity index (χ0n) is 11.4. The Labute approximate surface area is 136 Å². The van der Waals surface area contributed by atoms with Gasteiger partial charge in [-0.05, 0) is 49.2 Å². The van der Waals surface area contributed by atoms with Crippen molar-refractivity contribution in [1.29, 1.82) is 0 Å². The predicted molar refractivity (Wildman–Crippen MR) is 88.3 cm³/mol. The van der Waals surface area contributed by atoms with E-state index < -0.39 is 6.10 Å². The van der Waals surface area contributed by atoms with Crippen LogP contribution in [-0.4, -0.2) is 11.7 Å². The van der Waals surface area contributed by atoms with Gasteiger partial charge in [0, 0.05) is 14.5 Å². The Morgan fingerprint density at radius 1 is 1.15 bits per heavy atom. The van der Waals surface area contributed by atoms with Crippen molar-refractivity contribution < 1.29 is 9.84 Å². The van der Waals surface area contributed by atoms with Crippen molar-refractivity contribution >= 4 is 31.9 Å². The highest BCUT2D eigenvalue weighted by molar-refractivity contribution is 9.10. The van der Waals surface area contributed by atoms with Gasteiger partial charge in [0.1, 0.15) is 11.9 Å². The summed E-state index contributed by atoms with van der Waals surface area (Å²) in [6.45, 7) is 4.52. The molecule has 20 heavy (non-hydrogen) atoms. The molecule has 1 N–H and O–H groups in total. The molecule has 0 saturated heterocycles. The van der Waals surface area contributed by atoms with E-state index in [2.05, 4.69) is 31.9 Å². The van der Waals surface area contributed by atoms with E-state index in [1.807, 2.05) is 50.2 Å². The van der Waals surface area contributed by atoms with Gasteiger partial charge >= 0.3 is 0 Å². The second-order valence-corrected chi connectivity index (χ2v) is 6.30. The molecule has 0 spiro atoms.